The summed E-state index contributed by atoms with van der Waals surface area (Å²) in [5.41, 5.74) is 0. The van der Waals surface area contributed by atoms with Gasteiger partial charge in [0.2, 0.25) is 5.91 Å². The molecule has 0 aromatic heterocycles. The molecule has 426 valence electrons. The molecule has 2 aliphatic rings. The maximum atomic E-state index is 13.2. The highest BCUT2D eigenvalue weighted by Gasteiger charge is 2.51. The van der Waals surface area contributed by atoms with E-state index >= 15 is 0 Å². The minimum Gasteiger partial charge on any atom is -0.394 e. The summed E-state index contributed by atoms with van der Waals surface area (Å²) in [6.45, 7) is 2.73. The highest BCUT2D eigenvalue weighted by molar-refractivity contribution is 5.76. The molecule has 12 unspecified atom stereocenters. The summed E-state index contributed by atoms with van der Waals surface area (Å²) >= 11 is 0. The van der Waals surface area contributed by atoms with Crippen LogP contribution in [0.1, 0.15) is 226 Å². The molecule has 12 atom stereocenters. The van der Waals surface area contributed by atoms with E-state index in [2.05, 4.69) is 67.8 Å². The molecule has 0 spiro atoms. The van der Waals surface area contributed by atoms with Gasteiger partial charge in [0.25, 0.3) is 0 Å². The molecule has 0 saturated carbocycles. The number of hydrogen-bond donors (Lipinski definition) is 9. The predicted octanol–water partition coefficient (Wildman–Crippen LogP) is 9.61. The molecule has 1 amide bonds. The number of aliphatic hydroxyl groups excluding tert-OH is 8. The number of unbranched alkanes of at least 4 members (excludes halogenated alkanes) is 25. The molecule has 2 heterocycles. The van der Waals surface area contributed by atoms with Crippen LogP contribution in [-0.2, 0) is 23.7 Å². The number of carbonyl (C=O) groups is 1. The zero-order chi connectivity index (χ0) is 53.2. The molecule has 0 radical (unpaired) electrons. The topological polar surface area (TPSA) is 228 Å². The monoisotopic (exact) mass is 1040 g/mol. The van der Waals surface area contributed by atoms with Gasteiger partial charge in [0, 0.05) is 6.42 Å². The van der Waals surface area contributed by atoms with Crippen LogP contribution < -0.4 is 5.32 Å². The number of aliphatic hydroxyl groups is 8. The maximum absolute atomic E-state index is 13.2. The standard InChI is InChI=1S/C59H107NO13/c1-3-5-7-9-11-13-15-16-17-18-19-20-21-22-23-24-25-26-27-28-29-30-31-32-33-35-37-39-41-43-51(64)60-47(48(63)42-40-38-36-34-14-12-10-8-6-4-2)46-70-58-56(69)54(67)57(50(45-62)72-58)73-59-55(68)53(66)52(65)49(44-61)71-59/h5,7,11,13,16-17,19-20,47-50,52-59,61-63,65-69H,3-4,6,8-10,12,14-15,18,21-46H2,1-2H3,(H,60,64)/b7-5-,13-11-,17-16-,20-19-. The van der Waals surface area contributed by atoms with E-state index in [0.717, 1.165) is 77.0 Å². The van der Waals surface area contributed by atoms with Crippen molar-refractivity contribution in [2.24, 2.45) is 0 Å². The Morgan fingerprint density at radius 1 is 0.507 bits per heavy atom. The third-order valence-corrected chi connectivity index (χ3v) is 14.3. The summed E-state index contributed by atoms with van der Waals surface area (Å²) in [7, 11) is 0. The van der Waals surface area contributed by atoms with Gasteiger partial charge in [-0.05, 0) is 51.4 Å². The highest BCUT2D eigenvalue weighted by Crippen LogP contribution is 2.30. The van der Waals surface area contributed by atoms with Crippen LogP contribution in [-0.4, -0.2) is 140 Å². The van der Waals surface area contributed by atoms with E-state index in [4.69, 9.17) is 18.9 Å². The largest absolute Gasteiger partial charge is 0.394 e. The van der Waals surface area contributed by atoms with Crippen LogP contribution >= 0.6 is 0 Å². The first-order valence-electron chi connectivity index (χ1n) is 29.4. The minimum atomic E-state index is -1.78. The summed E-state index contributed by atoms with van der Waals surface area (Å²) < 4.78 is 22.8. The molecule has 9 N–H and O–H groups in total. The number of nitrogens with one attached hydrogen (secondary N) is 1. The molecule has 0 aromatic carbocycles. The Hall–Kier alpha value is -2.05. The van der Waals surface area contributed by atoms with Crippen molar-refractivity contribution in [3.05, 3.63) is 48.6 Å². The van der Waals surface area contributed by atoms with Gasteiger partial charge in [0.05, 0.1) is 32.0 Å². The van der Waals surface area contributed by atoms with Gasteiger partial charge >= 0.3 is 0 Å². The third-order valence-electron chi connectivity index (χ3n) is 14.3. The van der Waals surface area contributed by atoms with Gasteiger partial charge in [-0.1, -0.05) is 217 Å². The lowest BCUT2D eigenvalue weighted by molar-refractivity contribution is -0.359. The fraction of sp³-hybridized carbons (Fsp3) is 0.847. The summed E-state index contributed by atoms with van der Waals surface area (Å²) in [6.07, 6.45) is 38.5. The van der Waals surface area contributed by atoms with Crippen LogP contribution in [0.25, 0.3) is 0 Å². The Morgan fingerprint density at radius 3 is 1.45 bits per heavy atom. The molecule has 0 bridgehead atoms. The number of carbonyl (C=O) groups excluding carboxylic acids is 1. The number of rotatable bonds is 46. The van der Waals surface area contributed by atoms with Crippen molar-refractivity contribution in [1.29, 1.82) is 0 Å². The first-order valence-corrected chi connectivity index (χ1v) is 29.4. The second-order valence-electron chi connectivity index (χ2n) is 20.7. The maximum Gasteiger partial charge on any atom is 0.220 e. The molecule has 2 saturated heterocycles. The molecule has 0 aromatic rings. The summed E-state index contributed by atoms with van der Waals surface area (Å²) in [5, 5.41) is 87.0. The van der Waals surface area contributed by atoms with Gasteiger partial charge in [0.15, 0.2) is 12.6 Å². The molecular formula is C59H107NO13. The first-order chi connectivity index (χ1) is 35.6. The molecule has 73 heavy (non-hydrogen) atoms. The van der Waals surface area contributed by atoms with Crippen molar-refractivity contribution in [1.82, 2.24) is 5.32 Å². The quantitative estimate of drug-likeness (QED) is 0.0205. The molecule has 2 aliphatic heterocycles. The van der Waals surface area contributed by atoms with Crippen molar-refractivity contribution in [3.63, 3.8) is 0 Å². The number of amides is 1. The average Bonchev–Trinajstić information content (AvgIpc) is 3.39. The van der Waals surface area contributed by atoms with E-state index in [1.54, 1.807) is 0 Å². The van der Waals surface area contributed by atoms with Crippen molar-refractivity contribution >= 4 is 5.91 Å². The van der Waals surface area contributed by atoms with E-state index in [1.165, 1.54) is 122 Å². The molecule has 14 nitrogen and oxygen atoms in total. The fourth-order valence-electron chi connectivity index (χ4n) is 9.58. The Balaban J connectivity index is 1.65. The second kappa shape index (κ2) is 45.0. The lowest BCUT2D eigenvalue weighted by Gasteiger charge is -2.46. The van der Waals surface area contributed by atoms with E-state index in [1.807, 2.05) is 0 Å². The Bertz CT molecular complexity index is 1410. The van der Waals surface area contributed by atoms with E-state index in [-0.39, 0.29) is 12.5 Å². The molecule has 0 aliphatic carbocycles. The first kappa shape index (κ1) is 67.1. The highest BCUT2D eigenvalue weighted by atomic mass is 16.7. The zero-order valence-electron chi connectivity index (χ0n) is 45.6. The van der Waals surface area contributed by atoms with E-state index in [9.17, 15) is 45.6 Å². The van der Waals surface area contributed by atoms with E-state index < -0.39 is 86.8 Å². The summed E-state index contributed by atoms with van der Waals surface area (Å²) in [5.74, 6) is -0.209. The lowest BCUT2D eigenvalue weighted by atomic mass is 9.97. The van der Waals surface area contributed by atoms with Gasteiger partial charge in [-0.2, -0.15) is 0 Å². The lowest BCUT2D eigenvalue weighted by Crippen LogP contribution is -2.65. The Kier molecular flexibility index (Phi) is 41.4. The van der Waals surface area contributed by atoms with Crippen molar-refractivity contribution in [3.8, 4) is 0 Å². The van der Waals surface area contributed by atoms with Crippen molar-refractivity contribution in [2.75, 3.05) is 19.8 Å². The van der Waals surface area contributed by atoms with Gasteiger partial charge < -0.3 is 65.1 Å². The van der Waals surface area contributed by atoms with Crippen LogP contribution in [0.4, 0.5) is 0 Å². The Morgan fingerprint density at radius 2 is 0.945 bits per heavy atom. The van der Waals surface area contributed by atoms with Crippen LogP contribution in [0, 0.1) is 0 Å². The van der Waals surface area contributed by atoms with Gasteiger partial charge in [-0.3, -0.25) is 4.79 Å². The molecule has 2 fully saturated rings. The predicted molar refractivity (Wildman–Crippen MR) is 291 cm³/mol. The molecular weight excluding hydrogens is 931 g/mol. The normalized spacial score (nSPS) is 25.7. The SMILES string of the molecule is CC/C=C\C/C=C\C/C=C\C/C=C\CCCCCCCCCCCCCCCCCCC(=O)NC(COC1OC(CO)C(OC2OC(CO)C(O)C(O)C2O)C(O)C1O)C(O)CCCCCCCCCCCC. The van der Waals surface area contributed by atoms with Crippen molar-refractivity contribution < 1.29 is 64.6 Å². The fourth-order valence-corrected chi connectivity index (χ4v) is 9.58. The van der Waals surface area contributed by atoms with Gasteiger partial charge in [-0.25, -0.2) is 0 Å². The summed E-state index contributed by atoms with van der Waals surface area (Å²) in [4.78, 5) is 13.2. The van der Waals surface area contributed by atoms with Crippen LogP contribution in [0.5, 0.6) is 0 Å². The number of hydrogen-bond acceptors (Lipinski definition) is 13. The summed E-state index contributed by atoms with van der Waals surface area (Å²) in [6, 6.07) is -0.827. The molecule has 2 rings (SSSR count). The van der Waals surface area contributed by atoms with E-state index in [0.29, 0.717) is 12.8 Å². The number of allylic oxidation sites excluding steroid dienone is 8. The number of ether oxygens (including phenoxy) is 4. The van der Waals surface area contributed by atoms with Gasteiger partial charge in [0.1, 0.15) is 48.8 Å². The van der Waals surface area contributed by atoms with Crippen LogP contribution in [0.15, 0.2) is 48.6 Å². The van der Waals surface area contributed by atoms with Crippen LogP contribution in [0.2, 0.25) is 0 Å². The smallest absolute Gasteiger partial charge is 0.220 e. The minimum absolute atomic E-state index is 0.209. The Labute approximate surface area is 442 Å². The van der Waals surface area contributed by atoms with Crippen LogP contribution in [0.3, 0.4) is 0 Å². The average molecular weight is 1040 g/mol. The van der Waals surface area contributed by atoms with Gasteiger partial charge in [-0.15, -0.1) is 0 Å². The second-order valence-corrected chi connectivity index (χ2v) is 20.7. The zero-order valence-corrected chi connectivity index (χ0v) is 45.6. The van der Waals surface area contributed by atoms with Crippen molar-refractivity contribution in [2.45, 2.75) is 299 Å². The third kappa shape index (κ3) is 31.1. The molecule has 14 heteroatoms.